The van der Waals surface area contributed by atoms with E-state index in [9.17, 15) is 9.18 Å². The summed E-state index contributed by atoms with van der Waals surface area (Å²) in [7, 11) is 0. The van der Waals surface area contributed by atoms with Crippen LogP contribution in [0.25, 0.3) is 11.0 Å². The van der Waals surface area contributed by atoms with E-state index in [1.54, 1.807) is 6.20 Å². The third-order valence-electron chi connectivity index (χ3n) is 7.73. The topological polar surface area (TPSA) is 122 Å². The van der Waals surface area contributed by atoms with Crippen LogP contribution >= 0.6 is 11.6 Å². The van der Waals surface area contributed by atoms with E-state index >= 15 is 0 Å². The predicted molar refractivity (Wildman–Crippen MR) is 170 cm³/mol. The monoisotopic (exact) mass is 603 g/mol. The first-order valence-electron chi connectivity index (χ1n) is 14.3. The van der Waals surface area contributed by atoms with Gasteiger partial charge in [-0.05, 0) is 60.4 Å². The second kappa shape index (κ2) is 13.8. The Morgan fingerprint density at radius 2 is 1.67 bits per heavy atom. The molecule has 1 saturated heterocycles. The number of imidazole rings is 1. The van der Waals surface area contributed by atoms with Gasteiger partial charge >= 0.3 is 0 Å². The van der Waals surface area contributed by atoms with Crippen molar-refractivity contribution < 1.29 is 9.87 Å². The maximum absolute atomic E-state index is 13.4. The minimum Gasteiger partial charge on any atom is -0.412 e. The maximum atomic E-state index is 13.4. The number of aromatic nitrogens is 4. The minimum absolute atomic E-state index is 0. The molecule has 3 heterocycles. The zero-order valence-electron chi connectivity index (χ0n) is 23.7. The van der Waals surface area contributed by atoms with E-state index in [1.807, 2.05) is 54.6 Å². The highest BCUT2D eigenvalue weighted by Crippen LogP contribution is 2.24. The minimum atomic E-state index is -0.234. The van der Waals surface area contributed by atoms with Crippen LogP contribution in [-0.2, 0) is 13.0 Å². The number of fused-ring (bicyclic) bond motifs is 1. The lowest BCUT2D eigenvalue weighted by Crippen LogP contribution is -2.41. The van der Waals surface area contributed by atoms with E-state index in [1.165, 1.54) is 12.1 Å². The van der Waals surface area contributed by atoms with Gasteiger partial charge in [0.25, 0.3) is 5.56 Å². The molecule has 11 heteroatoms. The van der Waals surface area contributed by atoms with Crippen molar-refractivity contribution in [2.45, 2.75) is 31.8 Å². The Kier molecular flexibility index (Phi) is 9.71. The van der Waals surface area contributed by atoms with Crippen LogP contribution in [0.2, 0.25) is 5.02 Å². The first-order valence-corrected chi connectivity index (χ1v) is 14.6. The molecule has 3 aromatic carbocycles. The summed E-state index contributed by atoms with van der Waals surface area (Å²) >= 11 is 5.95. The number of nitrogens with zero attached hydrogens (tertiary/aromatic N) is 4. The molecule has 0 aliphatic carbocycles. The Morgan fingerprint density at radius 3 is 2.42 bits per heavy atom. The van der Waals surface area contributed by atoms with Crippen molar-refractivity contribution in [1.29, 1.82) is 0 Å². The molecule has 6 rings (SSSR count). The number of piperidine rings is 1. The fourth-order valence-corrected chi connectivity index (χ4v) is 5.52. The molecule has 1 fully saturated rings. The third-order valence-corrected chi connectivity index (χ3v) is 7.98. The summed E-state index contributed by atoms with van der Waals surface area (Å²) in [5.74, 6) is 1.09. The lowest BCUT2D eigenvalue weighted by Gasteiger charge is -2.32. The van der Waals surface area contributed by atoms with Gasteiger partial charge in [-0.15, -0.1) is 0 Å². The first kappa shape index (κ1) is 30.2. The molecule has 9 nitrogen and oxygen atoms in total. The predicted octanol–water partition coefficient (Wildman–Crippen LogP) is 4.71. The van der Waals surface area contributed by atoms with Gasteiger partial charge in [-0.2, -0.15) is 4.98 Å². The van der Waals surface area contributed by atoms with Crippen molar-refractivity contribution in [2.24, 2.45) is 0 Å². The molecule has 0 spiro atoms. The number of para-hydroxylation sites is 2. The van der Waals surface area contributed by atoms with Crippen LogP contribution in [0.1, 0.15) is 29.5 Å². The fraction of sp³-hybridized carbons (Fsp3) is 0.281. The Labute approximate surface area is 254 Å². The zero-order valence-corrected chi connectivity index (χ0v) is 24.4. The summed E-state index contributed by atoms with van der Waals surface area (Å²) in [5.41, 5.74) is 4.41. The summed E-state index contributed by atoms with van der Waals surface area (Å²) in [5, 5.41) is 7.61. The number of anilines is 2. The molecule has 0 amide bonds. The van der Waals surface area contributed by atoms with Crippen LogP contribution in [0.5, 0.6) is 0 Å². The van der Waals surface area contributed by atoms with Gasteiger partial charge in [0.15, 0.2) is 0 Å². The summed E-state index contributed by atoms with van der Waals surface area (Å²) < 4.78 is 15.6. The lowest BCUT2D eigenvalue weighted by atomic mass is 10.1. The number of benzene rings is 3. The largest absolute Gasteiger partial charge is 0.412 e. The zero-order chi connectivity index (χ0) is 28.9. The van der Waals surface area contributed by atoms with E-state index in [4.69, 9.17) is 16.6 Å². The van der Waals surface area contributed by atoms with Crippen molar-refractivity contribution in [3.05, 3.63) is 117 Å². The second-order valence-electron chi connectivity index (χ2n) is 10.7. The van der Waals surface area contributed by atoms with Gasteiger partial charge in [0.1, 0.15) is 5.82 Å². The standard InChI is InChI=1S/C32H33ClFN7O.H2O/c33-25-9-5-22(6-10-25)19-24-20-36-31(39-30(24)42)35-15-18-40-16-13-27(14-17-40)37-32-38-28-3-1-2-4-29(28)41(32)21-23-7-11-26(34)12-8-23;/h1-12,20,27H,13-19,21H2,(H,37,38)(H2,35,36,39,42);1H2. The van der Waals surface area contributed by atoms with Crippen molar-refractivity contribution in [2.75, 3.05) is 36.8 Å². The highest BCUT2D eigenvalue weighted by Gasteiger charge is 2.21. The van der Waals surface area contributed by atoms with Crippen molar-refractivity contribution in [1.82, 2.24) is 24.4 Å². The Hall–Kier alpha value is -4.25. The number of likely N-dealkylation sites (tertiary alicyclic amines) is 1. The molecule has 0 radical (unpaired) electrons. The highest BCUT2D eigenvalue weighted by molar-refractivity contribution is 6.30. The Balaban J connectivity index is 0.00000368. The van der Waals surface area contributed by atoms with Crippen LogP contribution in [0.4, 0.5) is 16.3 Å². The van der Waals surface area contributed by atoms with Crippen molar-refractivity contribution in [3.8, 4) is 0 Å². The summed E-state index contributed by atoms with van der Waals surface area (Å²) in [6, 6.07) is 22.5. The highest BCUT2D eigenvalue weighted by atomic mass is 35.5. The number of aromatic amines is 1. The molecule has 0 unspecified atom stereocenters. The second-order valence-corrected chi connectivity index (χ2v) is 11.1. The van der Waals surface area contributed by atoms with Gasteiger partial charge < -0.3 is 30.6 Å². The van der Waals surface area contributed by atoms with Gasteiger partial charge in [-0.3, -0.25) is 4.79 Å². The summed E-state index contributed by atoms with van der Waals surface area (Å²) in [4.78, 5) is 27.1. The van der Waals surface area contributed by atoms with Crippen LogP contribution < -0.4 is 16.2 Å². The van der Waals surface area contributed by atoms with E-state index in [0.29, 0.717) is 42.1 Å². The van der Waals surface area contributed by atoms with E-state index in [-0.39, 0.29) is 16.9 Å². The van der Waals surface area contributed by atoms with Crippen molar-refractivity contribution in [3.63, 3.8) is 0 Å². The molecular weight excluding hydrogens is 569 g/mol. The van der Waals surface area contributed by atoms with E-state index in [2.05, 4.69) is 36.1 Å². The molecule has 0 bridgehead atoms. The lowest BCUT2D eigenvalue weighted by molar-refractivity contribution is 0.226. The fourth-order valence-electron chi connectivity index (χ4n) is 5.40. The number of nitrogens with one attached hydrogen (secondary N) is 3. The number of hydrogen-bond acceptors (Lipinski definition) is 6. The van der Waals surface area contributed by atoms with E-state index in [0.717, 1.165) is 60.6 Å². The molecule has 1 aliphatic rings. The van der Waals surface area contributed by atoms with Crippen LogP contribution in [-0.4, -0.2) is 62.1 Å². The smallest absolute Gasteiger partial charge is 0.277 e. The first-order chi connectivity index (χ1) is 20.5. The van der Waals surface area contributed by atoms with Crippen LogP contribution in [0.3, 0.4) is 0 Å². The summed E-state index contributed by atoms with van der Waals surface area (Å²) in [6.07, 6.45) is 4.22. The molecule has 224 valence electrons. The average molecular weight is 604 g/mol. The van der Waals surface area contributed by atoms with Crippen LogP contribution in [0, 0.1) is 5.82 Å². The number of halogens is 2. The van der Waals surface area contributed by atoms with Gasteiger partial charge in [-0.1, -0.05) is 48.0 Å². The molecule has 1 aliphatic heterocycles. The van der Waals surface area contributed by atoms with Gasteiger partial charge in [0, 0.05) is 55.4 Å². The molecule has 0 saturated carbocycles. The molecule has 5 aromatic rings. The third kappa shape index (κ3) is 7.59. The molecular formula is C32H35ClFN7O2. The number of rotatable bonds is 10. The molecule has 43 heavy (non-hydrogen) atoms. The Morgan fingerprint density at radius 1 is 0.953 bits per heavy atom. The van der Waals surface area contributed by atoms with E-state index < -0.39 is 0 Å². The molecule has 0 atom stereocenters. The van der Waals surface area contributed by atoms with Crippen LogP contribution in [0.15, 0.2) is 83.8 Å². The van der Waals surface area contributed by atoms with Gasteiger partial charge in [-0.25, -0.2) is 9.37 Å². The summed E-state index contributed by atoms with van der Waals surface area (Å²) in [6.45, 7) is 4.08. The number of H-pyrrole nitrogens is 1. The van der Waals surface area contributed by atoms with Gasteiger partial charge in [0.2, 0.25) is 11.9 Å². The quantitative estimate of drug-likeness (QED) is 0.212. The maximum Gasteiger partial charge on any atom is 0.277 e. The average Bonchev–Trinajstić information content (AvgIpc) is 3.34. The van der Waals surface area contributed by atoms with Crippen molar-refractivity contribution >= 4 is 34.5 Å². The SMILES string of the molecule is O.O=c1nc(NCCN2CCC(Nc3nc4ccccc4n3Cc3ccc(F)cc3)CC2)[nH]cc1Cc1ccc(Cl)cc1. The molecule has 2 aromatic heterocycles. The normalized spacial score (nSPS) is 14.0. The molecule has 5 N–H and O–H groups in total. The van der Waals surface area contributed by atoms with Gasteiger partial charge in [0.05, 0.1) is 17.6 Å². The Bertz CT molecular complexity index is 1700. The number of hydrogen-bond donors (Lipinski definition) is 3.